The van der Waals surface area contributed by atoms with E-state index in [2.05, 4.69) is 11.5 Å². The molecule has 122 valence electrons. The molecule has 1 N–H and O–H groups in total. The molecule has 2 nitrogen and oxygen atoms in total. The summed E-state index contributed by atoms with van der Waals surface area (Å²) >= 11 is 3.15. The van der Waals surface area contributed by atoms with Gasteiger partial charge >= 0.3 is 6.18 Å². The molecular weight excluding hydrogens is 341 g/mol. The summed E-state index contributed by atoms with van der Waals surface area (Å²) in [6, 6.07) is 10.3. The standard InChI is InChI=1S/C16H15F3N2S2/c1-21-15(16(17,18)19)9-12(20-21)14-7-6-13(23-14)10-4-3-5-11(8-10)22-2/h3-9,15,20H,1-2H3. The van der Waals surface area contributed by atoms with E-state index in [9.17, 15) is 13.2 Å². The average molecular weight is 356 g/mol. The Morgan fingerprint density at radius 2 is 1.91 bits per heavy atom. The Balaban J connectivity index is 1.88. The van der Waals surface area contributed by atoms with Gasteiger partial charge in [-0.1, -0.05) is 12.1 Å². The molecule has 1 aromatic heterocycles. The third kappa shape index (κ3) is 3.41. The van der Waals surface area contributed by atoms with E-state index in [4.69, 9.17) is 0 Å². The van der Waals surface area contributed by atoms with Crippen molar-refractivity contribution in [3.8, 4) is 10.4 Å². The zero-order valence-electron chi connectivity index (χ0n) is 12.5. The summed E-state index contributed by atoms with van der Waals surface area (Å²) in [4.78, 5) is 3.00. The topological polar surface area (TPSA) is 15.3 Å². The highest BCUT2D eigenvalue weighted by Gasteiger charge is 2.44. The van der Waals surface area contributed by atoms with Crippen LogP contribution in [0.2, 0.25) is 0 Å². The van der Waals surface area contributed by atoms with Gasteiger partial charge in [-0.3, -0.25) is 0 Å². The number of likely N-dealkylation sites (N-methyl/N-ethyl adjacent to an activating group) is 1. The Morgan fingerprint density at radius 3 is 2.57 bits per heavy atom. The number of thioether (sulfide) groups is 1. The minimum absolute atomic E-state index is 0.507. The fourth-order valence-corrected chi connectivity index (χ4v) is 3.87. The van der Waals surface area contributed by atoms with Crippen LogP contribution in [0.5, 0.6) is 0 Å². The van der Waals surface area contributed by atoms with Crippen molar-refractivity contribution in [2.75, 3.05) is 13.3 Å². The lowest BCUT2D eigenvalue weighted by Gasteiger charge is -2.21. The second-order valence-electron chi connectivity index (χ2n) is 5.19. The fraction of sp³-hybridized carbons (Fsp3) is 0.250. The molecule has 0 aliphatic carbocycles. The van der Waals surface area contributed by atoms with Crippen LogP contribution < -0.4 is 5.43 Å². The lowest BCUT2D eigenvalue weighted by Crippen LogP contribution is -2.43. The van der Waals surface area contributed by atoms with Crippen LogP contribution in [0.4, 0.5) is 13.2 Å². The molecule has 0 bridgehead atoms. The molecule has 0 fully saturated rings. The van der Waals surface area contributed by atoms with Gasteiger partial charge in [0.15, 0.2) is 0 Å². The van der Waals surface area contributed by atoms with Gasteiger partial charge in [-0.15, -0.1) is 23.1 Å². The van der Waals surface area contributed by atoms with Crippen molar-refractivity contribution in [2.45, 2.75) is 17.1 Å². The molecule has 7 heteroatoms. The van der Waals surface area contributed by atoms with Crippen LogP contribution >= 0.6 is 23.1 Å². The van der Waals surface area contributed by atoms with Crippen LogP contribution in [0.15, 0.2) is 47.4 Å². The highest BCUT2D eigenvalue weighted by atomic mass is 32.2. The molecule has 1 atom stereocenters. The third-order valence-electron chi connectivity index (χ3n) is 3.60. The van der Waals surface area contributed by atoms with Crippen LogP contribution in [0.3, 0.4) is 0 Å². The Kier molecular flexibility index (Phi) is 4.44. The molecule has 1 unspecified atom stereocenters. The lowest BCUT2D eigenvalue weighted by molar-refractivity contribution is -0.167. The summed E-state index contributed by atoms with van der Waals surface area (Å²) in [6.07, 6.45) is -1.04. The van der Waals surface area contributed by atoms with E-state index in [1.807, 2.05) is 36.6 Å². The van der Waals surface area contributed by atoms with E-state index in [1.165, 1.54) is 24.5 Å². The highest BCUT2D eigenvalue weighted by molar-refractivity contribution is 7.98. The second kappa shape index (κ2) is 6.22. The van der Waals surface area contributed by atoms with Crippen molar-refractivity contribution in [3.63, 3.8) is 0 Å². The summed E-state index contributed by atoms with van der Waals surface area (Å²) < 4.78 is 38.8. The van der Waals surface area contributed by atoms with E-state index in [1.54, 1.807) is 11.8 Å². The molecule has 0 saturated heterocycles. The molecule has 2 aromatic rings. The molecule has 1 aromatic carbocycles. The van der Waals surface area contributed by atoms with Crippen molar-refractivity contribution < 1.29 is 13.2 Å². The van der Waals surface area contributed by atoms with Crippen LogP contribution in [-0.4, -0.2) is 30.5 Å². The molecule has 2 heterocycles. The number of alkyl halides is 3. The van der Waals surface area contributed by atoms with E-state index >= 15 is 0 Å². The van der Waals surface area contributed by atoms with Gasteiger partial charge in [0.2, 0.25) is 0 Å². The van der Waals surface area contributed by atoms with Gasteiger partial charge in [0, 0.05) is 16.8 Å². The minimum atomic E-state index is -4.28. The molecule has 0 amide bonds. The quantitative estimate of drug-likeness (QED) is 0.791. The van der Waals surface area contributed by atoms with Crippen molar-refractivity contribution in [1.82, 2.24) is 10.4 Å². The average Bonchev–Trinajstić information content (AvgIpc) is 3.13. The Bertz CT molecular complexity index is 737. The van der Waals surface area contributed by atoms with E-state index in [0.717, 1.165) is 25.2 Å². The summed E-state index contributed by atoms with van der Waals surface area (Å²) in [5, 5.41) is 1.09. The maximum absolute atomic E-state index is 12.9. The SMILES string of the molecule is CSc1cccc(-c2ccc(C3=CC(C(F)(F)F)N(C)N3)s2)c1. The minimum Gasteiger partial charge on any atom is -0.317 e. The number of hydrogen-bond acceptors (Lipinski definition) is 4. The van der Waals surface area contributed by atoms with Gasteiger partial charge < -0.3 is 5.43 Å². The fourth-order valence-electron chi connectivity index (χ4n) is 2.43. The second-order valence-corrected chi connectivity index (χ2v) is 7.15. The van der Waals surface area contributed by atoms with Crippen LogP contribution in [0, 0.1) is 0 Å². The molecule has 1 aliphatic rings. The number of rotatable bonds is 3. The predicted molar refractivity (Wildman–Crippen MR) is 90.3 cm³/mol. The number of benzene rings is 1. The van der Waals surface area contributed by atoms with Crippen molar-refractivity contribution >= 4 is 28.8 Å². The molecule has 1 aliphatic heterocycles. The van der Waals surface area contributed by atoms with E-state index in [0.29, 0.717) is 5.70 Å². The van der Waals surface area contributed by atoms with Crippen LogP contribution in [0.25, 0.3) is 16.1 Å². The van der Waals surface area contributed by atoms with Crippen molar-refractivity contribution in [2.24, 2.45) is 0 Å². The molecule has 0 radical (unpaired) electrons. The predicted octanol–water partition coefficient (Wildman–Crippen LogP) is 4.86. The summed E-state index contributed by atoms with van der Waals surface area (Å²) in [5.41, 5.74) is 4.38. The van der Waals surface area contributed by atoms with Gasteiger partial charge in [-0.05, 0) is 42.2 Å². The molecule has 3 rings (SSSR count). The molecule has 23 heavy (non-hydrogen) atoms. The summed E-state index contributed by atoms with van der Waals surface area (Å²) in [5.74, 6) is 0. The van der Waals surface area contributed by atoms with Gasteiger partial charge in [0.1, 0.15) is 6.04 Å². The number of nitrogens with one attached hydrogen (secondary N) is 1. The first-order chi connectivity index (χ1) is 10.9. The lowest BCUT2D eigenvalue weighted by atomic mass is 10.2. The monoisotopic (exact) mass is 356 g/mol. The third-order valence-corrected chi connectivity index (χ3v) is 5.49. The summed E-state index contributed by atoms with van der Waals surface area (Å²) in [7, 11) is 1.40. The van der Waals surface area contributed by atoms with Gasteiger partial charge in [-0.2, -0.15) is 13.2 Å². The van der Waals surface area contributed by atoms with Gasteiger partial charge in [0.05, 0.1) is 10.6 Å². The number of nitrogens with zero attached hydrogens (tertiary/aromatic N) is 1. The Morgan fingerprint density at radius 1 is 1.17 bits per heavy atom. The Labute approximate surface area is 141 Å². The van der Waals surface area contributed by atoms with Crippen LogP contribution in [0.1, 0.15) is 4.88 Å². The first-order valence-corrected chi connectivity index (χ1v) is 8.95. The molecule has 0 spiro atoms. The Hall–Kier alpha value is -1.44. The number of hydrazine groups is 1. The zero-order chi connectivity index (χ0) is 16.6. The first kappa shape index (κ1) is 16.4. The van der Waals surface area contributed by atoms with E-state index in [-0.39, 0.29) is 0 Å². The molecular formula is C16H15F3N2S2. The van der Waals surface area contributed by atoms with E-state index < -0.39 is 12.2 Å². The van der Waals surface area contributed by atoms with Crippen molar-refractivity contribution in [1.29, 1.82) is 0 Å². The largest absolute Gasteiger partial charge is 0.409 e. The van der Waals surface area contributed by atoms with Crippen molar-refractivity contribution in [3.05, 3.63) is 47.4 Å². The molecule has 0 saturated carbocycles. The maximum Gasteiger partial charge on any atom is 0.409 e. The number of halogens is 3. The zero-order valence-corrected chi connectivity index (χ0v) is 14.1. The number of hydrogen-bond donors (Lipinski definition) is 1. The first-order valence-electron chi connectivity index (χ1n) is 6.91. The number of thiophene rings is 1. The highest BCUT2D eigenvalue weighted by Crippen LogP contribution is 2.36. The van der Waals surface area contributed by atoms with Crippen LogP contribution in [-0.2, 0) is 0 Å². The van der Waals surface area contributed by atoms with Gasteiger partial charge in [0.25, 0.3) is 0 Å². The summed E-state index contributed by atoms with van der Waals surface area (Å²) in [6.45, 7) is 0. The normalized spacial score (nSPS) is 18.8. The maximum atomic E-state index is 12.9. The smallest absolute Gasteiger partial charge is 0.317 e. The van der Waals surface area contributed by atoms with Gasteiger partial charge in [-0.25, -0.2) is 5.01 Å².